The number of aromatic hydroxyl groups is 2. The zero-order valence-corrected chi connectivity index (χ0v) is 19.8. The minimum Gasteiger partial charge on any atom is -0.502 e. The molecule has 10 heteroatoms. The highest BCUT2D eigenvalue weighted by Gasteiger charge is 2.60. The normalized spacial score (nSPS) is 21.1. The molecule has 184 valence electrons. The Kier molecular flexibility index (Phi) is 7.29. The minimum absolute atomic E-state index is 0.138. The molecular weight excluding hydrogens is 448 g/mol. The van der Waals surface area contributed by atoms with Crippen LogP contribution in [0.4, 0.5) is 0 Å². The van der Waals surface area contributed by atoms with Gasteiger partial charge in [0.25, 0.3) is 0 Å². The molecule has 0 aromatic heterocycles. The van der Waals surface area contributed by atoms with E-state index in [4.69, 9.17) is 28.4 Å². The molecule has 0 aliphatic heterocycles. The molecule has 34 heavy (non-hydrogen) atoms. The van der Waals surface area contributed by atoms with Crippen LogP contribution in [0.3, 0.4) is 0 Å². The van der Waals surface area contributed by atoms with Gasteiger partial charge < -0.3 is 38.6 Å². The van der Waals surface area contributed by atoms with E-state index in [1.165, 1.54) is 42.7 Å². The van der Waals surface area contributed by atoms with Crippen molar-refractivity contribution in [2.75, 3.05) is 42.7 Å². The molecular formula is C24H28O10. The van der Waals surface area contributed by atoms with Gasteiger partial charge in [-0.3, -0.25) is 9.59 Å². The quantitative estimate of drug-likeness (QED) is 0.548. The van der Waals surface area contributed by atoms with Crippen molar-refractivity contribution in [1.82, 2.24) is 0 Å². The largest absolute Gasteiger partial charge is 0.502 e. The van der Waals surface area contributed by atoms with Crippen molar-refractivity contribution in [3.8, 4) is 34.5 Å². The summed E-state index contributed by atoms with van der Waals surface area (Å²) in [4.78, 5) is 25.7. The Bertz CT molecular complexity index is 944. The molecule has 1 aliphatic rings. The number of rotatable bonds is 8. The lowest BCUT2D eigenvalue weighted by atomic mass is 9.52. The van der Waals surface area contributed by atoms with Crippen LogP contribution in [-0.2, 0) is 19.1 Å². The average molecular weight is 476 g/mol. The topological polar surface area (TPSA) is 130 Å². The molecule has 2 aromatic rings. The van der Waals surface area contributed by atoms with Crippen molar-refractivity contribution < 1.29 is 48.2 Å². The highest BCUT2D eigenvalue weighted by atomic mass is 16.5. The molecule has 0 heterocycles. The van der Waals surface area contributed by atoms with Crippen LogP contribution in [0.25, 0.3) is 0 Å². The Morgan fingerprint density at radius 1 is 0.588 bits per heavy atom. The number of methoxy groups -OCH3 is 6. The van der Waals surface area contributed by atoms with Crippen molar-refractivity contribution in [1.29, 1.82) is 0 Å². The second-order valence-electron chi connectivity index (χ2n) is 7.70. The Morgan fingerprint density at radius 3 is 1.06 bits per heavy atom. The van der Waals surface area contributed by atoms with Crippen molar-refractivity contribution in [2.24, 2.45) is 11.8 Å². The van der Waals surface area contributed by atoms with E-state index in [0.29, 0.717) is 11.1 Å². The van der Waals surface area contributed by atoms with E-state index >= 15 is 0 Å². The highest BCUT2D eigenvalue weighted by molar-refractivity contribution is 5.87. The lowest BCUT2D eigenvalue weighted by molar-refractivity contribution is -0.168. The summed E-state index contributed by atoms with van der Waals surface area (Å²) in [5.41, 5.74) is 1.14. The molecule has 2 N–H and O–H groups in total. The first-order valence-electron chi connectivity index (χ1n) is 10.3. The van der Waals surface area contributed by atoms with E-state index < -0.39 is 35.6 Å². The van der Waals surface area contributed by atoms with Crippen molar-refractivity contribution in [2.45, 2.75) is 11.8 Å². The van der Waals surface area contributed by atoms with Gasteiger partial charge in [0.05, 0.1) is 54.5 Å². The monoisotopic (exact) mass is 476 g/mol. The fourth-order valence-corrected chi connectivity index (χ4v) is 4.65. The zero-order chi connectivity index (χ0) is 25.2. The molecule has 1 fully saturated rings. The molecule has 4 atom stereocenters. The van der Waals surface area contributed by atoms with Gasteiger partial charge in [-0.15, -0.1) is 0 Å². The third kappa shape index (κ3) is 4.00. The summed E-state index contributed by atoms with van der Waals surface area (Å²) in [7, 11) is 8.04. The molecule has 0 bridgehead atoms. The minimum atomic E-state index is -0.896. The number of hydrogen-bond acceptors (Lipinski definition) is 10. The molecule has 0 amide bonds. The van der Waals surface area contributed by atoms with Crippen LogP contribution in [-0.4, -0.2) is 64.8 Å². The fourth-order valence-electron chi connectivity index (χ4n) is 4.65. The highest BCUT2D eigenvalue weighted by Crippen LogP contribution is 2.61. The Labute approximate surface area is 196 Å². The predicted octanol–water partition coefficient (Wildman–Crippen LogP) is 2.59. The summed E-state index contributed by atoms with van der Waals surface area (Å²) in [6.45, 7) is 0. The molecule has 10 nitrogen and oxygen atoms in total. The van der Waals surface area contributed by atoms with Crippen LogP contribution >= 0.6 is 0 Å². The van der Waals surface area contributed by atoms with E-state index in [2.05, 4.69) is 0 Å². The van der Waals surface area contributed by atoms with Crippen LogP contribution in [0.2, 0.25) is 0 Å². The third-order valence-electron chi connectivity index (χ3n) is 6.27. The van der Waals surface area contributed by atoms with E-state index in [0.717, 1.165) is 0 Å². The number of hydrogen-bond donors (Lipinski definition) is 2. The summed E-state index contributed by atoms with van der Waals surface area (Å²) in [5, 5.41) is 20.7. The first-order valence-corrected chi connectivity index (χ1v) is 10.3. The number of esters is 2. The Hall–Kier alpha value is -3.82. The summed E-state index contributed by atoms with van der Waals surface area (Å²) in [6.07, 6.45) is 0. The van der Waals surface area contributed by atoms with Crippen molar-refractivity contribution >= 4 is 11.9 Å². The van der Waals surface area contributed by atoms with Gasteiger partial charge in [-0.2, -0.15) is 0 Å². The smallest absolute Gasteiger partial charge is 0.310 e. The van der Waals surface area contributed by atoms with E-state index in [1.54, 1.807) is 24.3 Å². The lowest BCUT2D eigenvalue weighted by Crippen LogP contribution is -2.52. The fraction of sp³-hybridized carbons (Fsp3) is 0.417. The number of ether oxygens (including phenoxy) is 6. The van der Waals surface area contributed by atoms with Crippen molar-refractivity contribution in [3.63, 3.8) is 0 Å². The number of carbonyl (C=O) groups excluding carboxylic acids is 2. The maximum absolute atomic E-state index is 12.8. The summed E-state index contributed by atoms with van der Waals surface area (Å²) < 4.78 is 31.2. The van der Waals surface area contributed by atoms with Crippen LogP contribution < -0.4 is 18.9 Å². The molecule has 1 aliphatic carbocycles. The van der Waals surface area contributed by atoms with E-state index in [-0.39, 0.29) is 34.5 Å². The molecule has 0 saturated heterocycles. The zero-order valence-electron chi connectivity index (χ0n) is 19.8. The lowest BCUT2D eigenvalue weighted by Gasteiger charge is -2.49. The average Bonchev–Trinajstić information content (AvgIpc) is 2.84. The Balaban J connectivity index is 2.27. The Morgan fingerprint density at radius 2 is 0.853 bits per heavy atom. The van der Waals surface area contributed by atoms with Crippen LogP contribution in [0.5, 0.6) is 34.5 Å². The number of phenolic OH excluding ortho intramolecular Hbond substituents is 2. The predicted molar refractivity (Wildman–Crippen MR) is 119 cm³/mol. The first-order chi connectivity index (χ1) is 16.3. The van der Waals surface area contributed by atoms with Crippen LogP contribution in [0.1, 0.15) is 23.0 Å². The van der Waals surface area contributed by atoms with Gasteiger partial charge in [-0.05, 0) is 35.4 Å². The maximum Gasteiger partial charge on any atom is 0.310 e. The molecule has 3 rings (SSSR count). The van der Waals surface area contributed by atoms with E-state index in [1.807, 2.05) is 0 Å². The van der Waals surface area contributed by atoms with Gasteiger partial charge >= 0.3 is 11.9 Å². The van der Waals surface area contributed by atoms with Gasteiger partial charge in [0, 0.05) is 11.8 Å². The van der Waals surface area contributed by atoms with Gasteiger partial charge in [0.1, 0.15) is 0 Å². The molecule has 0 radical (unpaired) electrons. The van der Waals surface area contributed by atoms with Crippen molar-refractivity contribution in [3.05, 3.63) is 35.4 Å². The second-order valence-corrected chi connectivity index (χ2v) is 7.70. The maximum atomic E-state index is 12.8. The molecule has 0 unspecified atom stereocenters. The first kappa shape index (κ1) is 24.8. The van der Waals surface area contributed by atoms with Gasteiger partial charge in [0.15, 0.2) is 23.0 Å². The molecule has 2 aromatic carbocycles. The number of phenols is 2. The van der Waals surface area contributed by atoms with Gasteiger partial charge in [-0.25, -0.2) is 0 Å². The van der Waals surface area contributed by atoms with E-state index in [9.17, 15) is 19.8 Å². The summed E-state index contributed by atoms with van der Waals surface area (Å²) in [6, 6.07) is 6.31. The van der Waals surface area contributed by atoms with Crippen LogP contribution in [0.15, 0.2) is 24.3 Å². The third-order valence-corrected chi connectivity index (χ3v) is 6.27. The number of benzene rings is 2. The molecule has 1 saturated carbocycles. The van der Waals surface area contributed by atoms with Gasteiger partial charge in [0.2, 0.25) is 11.5 Å². The van der Waals surface area contributed by atoms with Crippen LogP contribution in [0, 0.1) is 11.8 Å². The van der Waals surface area contributed by atoms with Gasteiger partial charge in [-0.1, -0.05) is 0 Å². The summed E-state index contributed by atoms with van der Waals surface area (Å²) >= 11 is 0. The molecule has 0 spiro atoms. The second kappa shape index (κ2) is 9.98. The standard InChI is InChI=1S/C24H28O10/c1-29-13-7-11(8-14(30-2)21(13)25)17-18(20(24(28)34-6)19(17)23(27)33-5)12-9-15(31-3)22(26)16(10-12)32-4/h7-10,17-20,25-26H,1-6H3/t17-,18-,19+,20+/m1/s1. The number of carbonyl (C=O) groups is 2. The SMILES string of the molecule is COC(=O)[C@@H]1[C@@H](C(=O)OC)[C@H](c2cc(OC)c(O)c(OC)c2)[C@H]1c1cc(OC)c(O)c(OC)c1. The summed E-state index contributed by atoms with van der Waals surface area (Å²) in [5.74, 6) is -4.03.